The Morgan fingerprint density at radius 1 is 1.70 bits per heavy atom. The van der Waals surface area contributed by atoms with Crippen molar-refractivity contribution in [2.75, 3.05) is 0 Å². The van der Waals surface area contributed by atoms with Crippen molar-refractivity contribution in [1.29, 1.82) is 0 Å². The maximum absolute atomic E-state index is 10.4. The van der Waals surface area contributed by atoms with Crippen LogP contribution in [-0.2, 0) is 4.79 Å². The van der Waals surface area contributed by atoms with Gasteiger partial charge in [-0.3, -0.25) is 4.79 Å². The summed E-state index contributed by atoms with van der Waals surface area (Å²) < 4.78 is 0. The van der Waals surface area contributed by atoms with E-state index in [9.17, 15) is 4.79 Å². The van der Waals surface area contributed by atoms with Crippen LogP contribution < -0.4 is 0 Å². The Morgan fingerprint density at radius 2 is 2.20 bits per heavy atom. The summed E-state index contributed by atoms with van der Waals surface area (Å²) in [6.07, 6.45) is 5.32. The molecule has 0 fully saturated rings. The summed E-state index contributed by atoms with van der Waals surface area (Å²) in [6, 6.07) is 0. The van der Waals surface area contributed by atoms with Gasteiger partial charge in [-0.05, 0) is 5.92 Å². The third kappa shape index (κ3) is 2.54. The van der Waals surface area contributed by atoms with Crippen molar-refractivity contribution in [3.8, 4) is 12.3 Å². The minimum absolute atomic E-state index is 0.119. The van der Waals surface area contributed by atoms with Gasteiger partial charge < -0.3 is 5.11 Å². The molecule has 0 saturated carbocycles. The first-order chi connectivity index (χ1) is 4.59. The summed E-state index contributed by atoms with van der Waals surface area (Å²) >= 11 is 0. The quantitative estimate of drug-likeness (QED) is 0.601. The first-order valence-corrected chi connectivity index (χ1v) is 3.25. The van der Waals surface area contributed by atoms with E-state index in [1.807, 2.05) is 13.8 Å². The number of hydrogen-bond donors (Lipinski definition) is 1. The lowest BCUT2D eigenvalue weighted by molar-refractivity contribution is -0.143. The molecule has 0 aliphatic heterocycles. The summed E-state index contributed by atoms with van der Waals surface area (Å²) in [4.78, 5) is 10.4. The van der Waals surface area contributed by atoms with Crippen molar-refractivity contribution in [2.45, 2.75) is 20.3 Å². The van der Waals surface area contributed by atoms with Gasteiger partial charge >= 0.3 is 5.97 Å². The molecule has 0 aromatic heterocycles. The van der Waals surface area contributed by atoms with Crippen molar-refractivity contribution in [2.24, 2.45) is 11.8 Å². The van der Waals surface area contributed by atoms with E-state index < -0.39 is 5.97 Å². The highest BCUT2D eigenvalue weighted by atomic mass is 16.4. The molecule has 0 aromatic rings. The molecular formula is C8H12O2. The van der Waals surface area contributed by atoms with Gasteiger partial charge in [0.1, 0.15) is 0 Å². The molecule has 0 spiro atoms. The highest BCUT2D eigenvalue weighted by Crippen LogP contribution is 2.13. The average Bonchev–Trinajstić information content (AvgIpc) is 1.81. The van der Waals surface area contributed by atoms with E-state index in [1.165, 1.54) is 0 Å². The van der Waals surface area contributed by atoms with Gasteiger partial charge in [0.15, 0.2) is 0 Å². The molecule has 0 rings (SSSR count). The van der Waals surface area contributed by atoms with E-state index in [2.05, 4.69) is 5.92 Å². The smallest absolute Gasteiger partial charge is 0.307 e. The standard InChI is InChI=1S/C8H12O2/c1-4-5-7(6(2)3)8(9)10/h1,6-7H,5H2,2-3H3,(H,9,10)/t7-/m0/s1. The van der Waals surface area contributed by atoms with Crippen LogP contribution in [0.25, 0.3) is 0 Å². The molecule has 56 valence electrons. The van der Waals surface area contributed by atoms with Crippen LogP contribution >= 0.6 is 0 Å². The number of rotatable bonds is 3. The van der Waals surface area contributed by atoms with Gasteiger partial charge in [-0.15, -0.1) is 12.3 Å². The van der Waals surface area contributed by atoms with Crippen LogP contribution in [0.4, 0.5) is 0 Å². The van der Waals surface area contributed by atoms with Crippen LogP contribution in [0.15, 0.2) is 0 Å². The lowest BCUT2D eigenvalue weighted by atomic mass is 9.93. The fraction of sp³-hybridized carbons (Fsp3) is 0.625. The molecule has 10 heavy (non-hydrogen) atoms. The molecule has 0 aromatic carbocycles. The van der Waals surface area contributed by atoms with Crippen LogP contribution in [0.3, 0.4) is 0 Å². The number of hydrogen-bond acceptors (Lipinski definition) is 1. The zero-order valence-electron chi connectivity index (χ0n) is 6.29. The fourth-order valence-corrected chi connectivity index (χ4v) is 0.735. The first-order valence-electron chi connectivity index (χ1n) is 3.25. The Bertz CT molecular complexity index is 153. The topological polar surface area (TPSA) is 37.3 Å². The second-order valence-corrected chi connectivity index (χ2v) is 2.60. The molecule has 0 saturated heterocycles. The zero-order valence-corrected chi connectivity index (χ0v) is 6.29. The summed E-state index contributed by atoms with van der Waals surface area (Å²) in [5.74, 6) is 1.29. The maximum atomic E-state index is 10.4. The second-order valence-electron chi connectivity index (χ2n) is 2.60. The molecule has 0 amide bonds. The molecular weight excluding hydrogens is 128 g/mol. The van der Waals surface area contributed by atoms with Crippen LogP contribution in [0.1, 0.15) is 20.3 Å². The Balaban J connectivity index is 4.01. The Kier molecular flexibility index (Phi) is 3.56. The van der Waals surface area contributed by atoms with E-state index in [-0.39, 0.29) is 11.8 Å². The normalized spacial score (nSPS) is 12.6. The number of aliphatic carboxylic acids is 1. The van der Waals surface area contributed by atoms with Gasteiger partial charge in [0.25, 0.3) is 0 Å². The number of carbonyl (C=O) groups is 1. The van der Waals surface area contributed by atoms with Gasteiger partial charge in [0.2, 0.25) is 0 Å². The SMILES string of the molecule is C#CC[C@H](C(=O)O)C(C)C. The molecule has 2 nitrogen and oxygen atoms in total. The molecule has 0 bridgehead atoms. The van der Waals surface area contributed by atoms with Gasteiger partial charge in [-0.1, -0.05) is 13.8 Å². The lowest BCUT2D eigenvalue weighted by Gasteiger charge is -2.11. The maximum Gasteiger partial charge on any atom is 0.307 e. The number of carboxylic acids is 1. The van der Waals surface area contributed by atoms with Crippen LogP contribution in [0.5, 0.6) is 0 Å². The predicted octanol–water partition coefficient (Wildman–Crippen LogP) is 1.37. The fourth-order valence-electron chi connectivity index (χ4n) is 0.735. The van der Waals surface area contributed by atoms with Gasteiger partial charge in [0.05, 0.1) is 5.92 Å². The number of carboxylic acid groups (broad SMARTS) is 1. The predicted molar refractivity (Wildman–Crippen MR) is 39.4 cm³/mol. The van der Waals surface area contributed by atoms with Gasteiger partial charge in [-0.2, -0.15) is 0 Å². The zero-order chi connectivity index (χ0) is 8.15. The van der Waals surface area contributed by atoms with Crippen molar-refractivity contribution >= 4 is 5.97 Å². The van der Waals surface area contributed by atoms with Crippen molar-refractivity contribution in [3.05, 3.63) is 0 Å². The molecule has 1 atom stereocenters. The Morgan fingerprint density at radius 3 is 2.30 bits per heavy atom. The summed E-state index contributed by atoms with van der Waals surface area (Å²) in [5.41, 5.74) is 0. The van der Waals surface area contributed by atoms with E-state index in [1.54, 1.807) is 0 Å². The largest absolute Gasteiger partial charge is 0.481 e. The highest BCUT2D eigenvalue weighted by Gasteiger charge is 2.19. The Hall–Kier alpha value is -0.970. The van der Waals surface area contributed by atoms with Crippen molar-refractivity contribution in [1.82, 2.24) is 0 Å². The highest BCUT2D eigenvalue weighted by molar-refractivity contribution is 5.70. The van der Waals surface area contributed by atoms with Crippen LogP contribution in [0, 0.1) is 24.2 Å². The second kappa shape index (κ2) is 3.94. The summed E-state index contributed by atoms with van der Waals surface area (Å²) in [7, 11) is 0. The molecule has 1 N–H and O–H groups in total. The van der Waals surface area contributed by atoms with E-state index in [4.69, 9.17) is 11.5 Å². The first kappa shape index (κ1) is 9.03. The monoisotopic (exact) mass is 140 g/mol. The van der Waals surface area contributed by atoms with Gasteiger partial charge in [-0.25, -0.2) is 0 Å². The third-order valence-electron chi connectivity index (χ3n) is 1.46. The third-order valence-corrected chi connectivity index (χ3v) is 1.46. The van der Waals surface area contributed by atoms with E-state index >= 15 is 0 Å². The minimum atomic E-state index is -0.798. The summed E-state index contributed by atoms with van der Waals surface area (Å²) in [6.45, 7) is 3.71. The molecule has 0 aliphatic carbocycles. The summed E-state index contributed by atoms with van der Waals surface area (Å²) in [5, 5.41) is 8.58. The lowest BCUT2D eigenvalue weighted by Crippen LogP contribution is -2.18. The molecule has 0 radical (unpaired) electrons. The van der Waals surface area contributed by atoms with Crippen molar-refractivity contribution in [3.63, 3.8) is 0 Å². The molecule has 0 unspecified atom stereocenters. The van der Waals surface area contributed by atoms with Crippen LogP contribution in [-0.4, -0.2) is 11.1 Å². The average molecular weight is 140 g/mol. The van der Waals surface area contributed by atoms with Crippen LogP contribution in [0.2, 0.25) is 0 Å². The van der Waals surface area contributed by atoms with Crippen molar-refractivity contribution < 1.29 is 9.90 Å². The Labute approximate surface area is 61.2 Å². The van der Waals surface area contributed by atoms with E-state index in [0.717, 1.165) is 0 Å². The van der Waals surface area contributed by atoms with E-state index in [0.29, 0.717) is 6.42 Å². The van der Waals surface area contributed by atoms with Gasteiger partial charge in [0, 0.05) is 6.42 Å². The molecule has 0 heterocycles. The minimum Gasteiger partial charge on any atom is -0.481 e. The molecule has 2 heteroatoms. The number of terminal acetylenes is 1. The molecule has 0 aliphatic rings.